The monoisotopic (exact) mass is 562 g/mol. The predicted octanol–water partition coefficient (Wildman–Crippen LogP) is 5.20. The third kappa shape index (κ3) is 8.17. The Hall–Kier alpha value is -4.16. The highest BCUT2D eigenvalue weighted by Crippen LogP contribution is 2.31. The van der Waals surface area contributed by atoms with E-state index in [1.54, 1.807) is 10.7 Å². The highest BCUT2D eigenvalue weighted by Gasteiger charge is 2.33. The number of ether oxygens (including phenoxy) is 1. The van der Waals surface area contributed by atoms with Gasteiger partial charge in [0, 0.05) is 17.7 Å². The number of alkyl halides is 3. The number of carbonyl (C=O) groups is 3. The quantitative estimate of drug-likeness (QED) is 0.276. The first-order valence-corrected chi connectivity index (χ1v) is 12.8. The Balaban J connectivity index is 1.73. The van der Waals surface area contributed by atoms with Crippen LogP contribution in [0.25, 0.3) is 11.3 Å². The van der Waals surface area contributed by atoms with E-state index >= 15 is 0 Å². The molecule has 2 aromatic heterocycles. The Morgan fingerprint density at radius 3 is 2.33 bits per heavy atom. The first-order valence-electron chi connectivity index (χ1n) is 12.8. The molecule has 13 heteroatoms. The van der Waals surface area contributed by atoms with Crippen LogP contribution in [0.15, 0.2) is 48.8 Å². The molecular formula is C27H33F3N6O4. The van der Waals surface area contributed by atoms with Gasteiger partial charge in [0.1, 0.15) is 18.0 Å². The molecule has 40 heavy (non-hydrogen) atoms. The van der Waals surface area contributed by atoms with Gasteiger partial charge in [-0.05, 0) is 30.2 Å². The average Bonchev–Trinajstić information content (AvgIpc) is 3.57. The van der Waals surface area contributed by atoms with Crippen LogP contribution < -0.4 is 10.6 Å². The molecule has 3 rings (SSSR count). The Bertz CT molecular complexity index is 1280. The fraction of sp³-hybridized carbons (Fsp3) is 0.444. The molecule has 0 unspecified atom stereocenters. The lowest BCUT2D eigenvalue weighted by atomic mass is 9.89. The number of hydrogen-bond donors (Lipinski definition) is 3. The zero-order chi connectivity index (χ0) is 29.5. The van der Waals surface area contributed by atoms with Crippen LogP contribution in [0.5, 0.6) is 0 Å². The molecule has 216 valence electrons. The number of hydrogen-bond acceptors (Lipinski definition) is 6. The largest absolute Gasteiger partial charge is 0.444 e. The summed E-state index contributed by atoms with van der Waals surface area (Å²) in [6.45, 7) is 7.56. The fourth-order valence-corrected chi connectivity index (χ4v) is 3.85. The first-order chi connectivity index (χ1) is 18.8. The molecule has 0 spiro atoms. The summed E-state index contributed by atoms with van der Waals surface area (Å²) in [5.41, 5.74) is -0.295. The fourth-order valence-electron chi connectivity index (χ4n) is 3.85. The lowest BCUT2D eigenvalue weighted by molar-refractivity contribution is -0.137. The number of aromatic nitrogens is 4. The second kappa shape index (κ2) is 12.8. The number of Topliss-reactive ketones (excluding diaryl/α,β-unsaturated/α-hetero) is 1. The minimum absolute atomic E-state index is 0.0914. The van der Waals surface area contributed by atoms with Gasteiger partial charge in [0.05, 0.1) is 24.0 Å². The lowest BCUT2D eigenvalue weighted by Gasteiger charge is -2.31. The van der Waals surface area contributed by atoms with Crippen LogP contribution in [0.3, 0.4) is 0 Å². The Morgan fingerprint density at radius 1 is 1.05 bits per heavy atom. The number of ketones is 1. The van der Waals surface area contributed by atoms with E-state index in [0.717, 1.165) is 18.6 Å². The van der Waals surface area contributed by atoms with Crippen LogP contribution in [0.4, 0.5) is 23.8 Å². The van der Waals surface area contributed by atoms with Crippen LogP contribution in [0, 0.1) is 5.41 Å². The smallest absolute Gasteiger partial charge is 0.416 e. The molecule has 0 bridgehead atoms. The van der Waals surface area contributed by atoms with Crippen molar-refractivity contribution in [2.75, 3.05) is 5.32 Å². The lowest BCUT2D eigenvalue weighted by Crippen LogP contribution is -2.48. The molecular weight excluding hydrogens is 529 g/mol. The summed E-state index contributed by atoms with van der Waals surface area (Å²) in [5.74, 6) is -1.49. The molecule has 0 saturated heterocycles. The van der Waals surface area contributed by atoms with Gasteiger partial charge >= 0.3 is 12.3 Å². The van der Waals surface area contributed by atoms with E-state index < -0.39 is 47.1 Å². The molecule has 0 aliphatic rings. The molecule has 2 atom stereocenters. The number of nitrogens with zero attached hydrogens (tertiary/aromatic N) is 3. The van der Waals surface area contributed by atoms with E-state index in [4.69, 9.17) is 4.74 Å². The predicted molar refractivity (Wildman–Crippen MR) is 141 cm³/mol. The van der Waals surface area contributed by atoms with Gasteiger partial charge in [-0.1, -0.05) is 52.7 Å². The molecule has 0 saturated carbocycles. The summed E-state index contributed by atoms with van der Waals surface area (Å²) in [6, 6.07) is 6.73. The van der Waals surface area contributed by atoms with Gasteiger partial charge < -0.3 is 15.4 Å². The van der Waals surface area contributed by atoms with Crippen molar-refractivity contribution >= 4 is 23.6 Å². The Morgan fingerprint density at radius 2 is 1.75 bits per heavy atom. The van der Waals surface area contributed by atoms with Crippen LogP contribution in [0.1, 0.15) is 52.5 Å². The van der Waals surface area contributed by atoms with Crippen molar-refractivity contribution in [3.63, 3.8) is 0 Å². The van der Waals surface area contributed by atoms with Gasteiger partial charge in [0.15, 0.2) is 0 Å². The second-order valence-corrected chi connectivity index (χ2v) is 10.4. The SMILES string of the molecule is CCCC[C@H](NC(=O)O[C@H](Cn1nccc1-c1ccc(C(F)(F)F)cc1)C(C)(C)C)C(=O)C(=O)Nc1ccn[nH]1. The van der Waals surface area contributed by atoms with E-state index in [9.17, 15) is 27.6 Å². The van der Waals surface area contributed by atoms with Crippen molar-refractivity contribution in [3.05, 3.63) is 54.4 Å². The van der Waals surface area contributed by atoms with Crippen LogP contribution >= 0.6 is 0 Å². The van der Waals surface area contributed by atoms with Gasteiger partial charge in [-0.15, -0.1) is 0 Å². The maximum atomic E-state index is 13.0. The Kier molecular flexibility index (Phi) is 9.72. The number of benzene rings is 1. The molecule has 0 radical (unpaired) electrons. The third-order valence-electron chi connectivity index (χ3n) is 6.21. The maximum absolute atomic E-state index is 13.0. The number of rotatable bonds is 11. The molecule has 10 nitrogen and oxygen atoms in total. The number of carbonyl (C=O) groups excluding carboxylic acids is 3. The van der Waals surface area contributed by atoms with E-state index in [-0.39, 0.29) is 18.8 Å². The van der Waals surface area contributed by atoms with Crippen LogP contribution in [-0.4, -0.2) is 49.9 Å². The highest BCUT2D eigenvalue weighted by molar-refractivity contribution is 6.42. The van der Waals surface area contributed by atoms with E-state index in [1.165, 1.54) is 30.6 Å². The number of alkyl carbamates (subject to hydrolysis) is 1. The third-order valence-corrected chi connectivity index (χ3v) is 6.21. The van der Waals surface area contributed by atoms with Gasteiger partial charge in [-0.25, -0.2) is 4.79 Å². The number of H-pyrrole nitrogens is 1. The van der Waals surface area contributed by atoms with Crippen LogP contribution in [0.2, 0.25) is 0 Å². The van der Waals surface area contributed by atoms with E-state index in [2.05, 4.69) is 25.9 Å². The molecule has 2 heterocycles. The first kappa shape index (κ1) is 30.4. The number of amides is 2. The summed E-state index contributed by atoms with van der Waals surface area (Å²) < 4.78 is 46.2. The van der Waals surface area contributed by atoms with Gasteiger partial charge in [0.25, 0.3) is 5.91 Å². The summed E-state index contributed by atoms with van der Waals surface area (Å²) >= 11 is 0. The van der Waals surface area contributed by atoms with E-state index in [1.807, 2.05) is 27.7 Å². The van der Waals surface area contributed by atoms with Crippen molar-refractivity contribution in [1.82, 2.24) is 25.3 Å². The molecule has 2 amide bonds. The summed E-state index contributed by atoms with van der Waals surface area (Å²) in [4.78, 5) is 38.3. The number of aromatic amines is 1. The van der Waals surface area contributed by atoms with Crippen LogP contribution in [-0.2, 0) is 27.0 Å². The summed E-state index contributed by atoms with van der Waals surface area (Å²) in [7, 11) is 0. The highest BCUT2D eigenvalue weighted by atomic mass is 19.4. The molecule has 0 fully saturated rings. The minimum atomic E-state index is -4.45. The number of unbranched alkanes of at least 4 members (excludes halogenated alkanes) is 1. The number of anilines is 1. The van der Waals surface area contributed by atoms with E-state index in [0.29, 0.717) is 17.7 Å². The molecule has 0 aliphatic carbocycles. The second-order valence-electron chi connectivity index (χ2n) is 10.4. The summed E-state index contributed by atoms with van der Waals surface area (Å²) in [5, 5.41) is 15.5. The van der Waals surface area contributed by atoms with Gasteiger partial charge in [-0.2, -0.15) is 23.4 Å². The zero-order valence-electron chi connectivity index (χ0n) is 22.7. The molecule has 3 aromatic rings. The standard InChI is InChI=1S/C27H33F3N6O4/c1-5-6-7-19(23(37)24(38)34-22-13-14-31-35-22)33-25(39)40-21(26(2,3)4)16-36-20(12-15-32-36)17-8-10-18(11-9-17)27(28,29)30/h8-15,19,21H,5-7,16H2,1-4H3,(H,33,39)(H2,31,34,35,38)/t19-,21+/m0/s1. The average molecular weight is 563 g/mol. The van der Waals surface area contributed by atoms with Crippen molar-refractivity contribution in [2.45, 2.75) is 71.8 Å². The van der Waals surface area contributed by atoms with Gasteiger partial charge in [-0.3, -0.25) is 19.4 Å². The Labute approximate surface area is 229 Å². The maximum Gasteiger partial charge on any atom is 0.416 e. The minimum Gasteiger partial charge on any atom is -0.444 e. The van der Waals surface area contributed by atoms with Crippen molar-refractivity contribution in [1.29, 1.82) is 0 Å². The molecule has 1 aromatic carbocycles. The van der Waals surface area contributed by atoms with Crippen molar-refractivity contribution < 1.29 is 32.3 Å². The normalized spacial score (nSPS) is 13.4. The summed E-state index contributed by atoms with van der Waals surface area (Å²) in [6.07, 6.45) is -1.61. The number of halogens is 3. The van der Waals surface area contributed by atoms with Gasteiger partial charge in [0.2, 0.25) is 5.78 Å². The number of nitrogens with one attached hydrogen (secondary N) is 3. The molecule has 3 N–H and O–H groups in total. The zero-order valence-corrected chi connectivity index (χ0v) is 22.7. The van der Waals surface area contributed by atoms with Crippen molar-refractivity contribution in [3.8, 4) is 11.3 Å². The molecule has 0 aliphatic heterocycles. The topological polar surface area (TPSA) is 131 Å². The van der Waals surface area contributed by atoms with Crippen molar-refractivity contribution in [2.24, 2.45) is 5.41 Å².